The van der Waals surface area contributed by atoms with Gasteiger partial charge in [-0.25, -0.2) is 0 Å². The van der Waals surface area contributed by atoms with Gasteiger partial charge in [0, 0.05) is 25.8 Å². The third kappa shape index (κ3) is 2.50. The van der Waals surface area contributed by atoms with Crippen LogP contribution in [0.3, 0.4) is 0 Å². The molecule has 1 aliphatic rings. The molecule has 1 fully saturated rings. The standard InChI is InChI=1S/C15H19N3OS/c1-11-10-12(16-17(11)2)13-6-7-14(20-13)15(19)18-8-4-3-5-9-18/h6-7,10H,3-5,8-9H2,1-2H3. The molecule has 0 bridgehead atoms. The van der Waals surface area contributed by atoms with Crippen LogP contribution in [0.15, 0.2) is 18.2 Å². The summed E-state index contributed by atoms with van der Waals surface area (Å²) in [4.78, 5) is 16.3. The lowest BCUT2D eigenvalue weighted by molar-refractivity contribution is 0.0729. The van der Waals surface area contributed by atoms with Crippen LogP contribution in [0, 0.1) is 6.92 Å². The molecule has 1 saturated heterocycles. The molecule has 2 aromatic heterocycles. The Morgan fingerprint density at radius 2 is 2.00 bits per heavy atom. The van der Waals surface area contributed by atoms with Crippen LogP contribution < -0.4 is 0 Å². The van der Waals surface area contributed by atoms with Gasteiger partial charge in [0.15, 0.2) is 0 Å². The van der Waals surface area contributed by atoms with Crippen LogP contribution >= 0.6 is 11.3 Å². The number of carbonyl (C=O) groups is 1. The first kappa shape index (κ1) is 13.4. The van der Waals surface area contributed by atoms with Crippen molar-refractivity contribution in [2.45, 2.75) is 26.2 Å². The normalized spacial score (nSPS) is 15.6. The second-order valence-corrected chi connectivity index (χ2v) is 6.40. The Hall–Kier alpha value is -1.62. The Kier molecular flexibility index (Phi) is 3.61. The summed E-state index contributed by atoms with van der Waals surface area (Å²) in [7, 11) is 1.94. The van der Waals surface area contributed by atoms with E-state index in [2.05, 4.69) is 11.2 Å². The number of nitrogens with zero attached hydrogens (tertiary/aromatic N) is 3. The fraction of sp³-hybridized carbons (Fsp3) is 0.467. The van der Waals surface area contributed by atoms with Gasteiger partial charge in [-0.05, 0) is 44.4 Å². The SMILES string of the molecule is Cc1cc(-c2ccc(C(=O)N3CCCCC3)s2)nn1C. The van der Waals surface area contributed by atoms with Crippen LogP contribution in [0.1, 0.15) is 34.6 Å². The van der Waals surface area contributed by atoms with Crippen molar-refractivity contribution in [2.75, 3.05) is 13.1 Å². The molecule has 106 valence electrons. The number of piperidine rings is 1. The maximum Gasteiger partial charge on any atom is 0.263 e. The van der Waals surface area contributed by atoms with Gasteiger partial charge in [0.2, 0.25) is 0 Å². The van der Waals surface area contributed by atoms with Crippen molar-refractivity contribution in [1.82, 2.24) is 14.7 Å². The number of thiophene rings is 1. The minimum Gasteiger partial charge on any atom is -0.338 e. The minimum atomic E-state index is 0.175. The van der Waals surface area contributed by atoms with Gasteiger partial charge in [-0.2, -0.15) is 5.10 Å². The molecule has 3 heterocycles. The molecule has 5 heteroatoms. The number of aromatic nitrogens is 2. The molecular formula is C15H19N3OS. The van der Waals surface area contributed by atoms with Gasteiger partial charge in [-0.3, -0.25) is 9.48 Å². The van der Waals surface area contributed by atoms with Crippen LogP contribution in [0.2, 0.25) is 0 Å². The van der Waals surface area contributed by atoms with E-state index in [1.54, 1.807) is 11.3 Å². The molecule has 0 spiro atoms. The summed E-state index contributed by atoms with van der Waals surface area (Å²) in [6.45, 7) is 3.83. The van der Waals surface area contributed by atoms with Crippen LogP contribution in [0.4, 0.5) is 0 Å². The number of hydrogen-bond donors (Lipinski definition) is 0. The fourth-order valence-corrected chi connectivity index (χ4v) is 3.45. The van der Waals surface area contributed by atoms with Gasteiger partial charge >= 0.3 is 0 Å². The van der Waals surface area contributed by atoms with Crippen molar-refractivity contribution >= 4 is 17.2 Å². The first-order valence-corrected chi connectivity index (χ1v) is 7.87. The van der Waals surface area contributed by atoms with Crippen molar-refractivity contribution in [3.63, 3.8) is 0 Å². The monoisotopic (exact) mass is 289 g/mol. The van der Waals surface area contributed by atoms with Gasteiger partial charge < -0.3 is 4.90 Å². The summed E-state index contributed by atoms with van der Waals surface area (Å²) in [6.07, 6.45) is 3.50. The zero-order valence-corrected chi connectivity index (χ0v) is 12.7. The minimum absolute atomic E-state index is 0.175. The van der Waals surface area contributed by atoms with E-state index in [4.69, 9.17) is 0 Å². The third-order valence-electron chi connectivity index (χ3n) is 3.83. The molecule has 0 unspecified atom stereocenters. The Bertz CT molecular complexity index is 603. The van der Waals surface area contributed by atoms with Gasteiger partial charge in [0.25, 0.3) is 5.91 Å². The Morgan fingerprint density at radius 1 is 1.25 bits per heavy atom. The number of aryl methyl sites for hydroxylation is 2. The predicted molar refractivity (Wildman–Crippen MR) is 81.0 cm³/mol. The molecule has 0 N–H and O–H groups in total. The molecule has 2 aromatic rings. The van der Waals surface area contributed by atoms with Gasteiger partial charge in [0.1, 0.15) is 5.69 Å². The Morgan fingerprint density at radius 3 is 2.65 bits per heavy atom. The van der Waals surface area contributed by atoms with E-state index in [0.717, 1.165) is 47.1 Å². The maximum absolute atomic E-state index is 12.4. The average molecular weight is 289 g/mol. The number of amides is 1. The molecule has 20 heavy (non-hydrogen) atoms. The summed E-state index contributed by atoms with van der Waals surface area (Å²) in [5.41, 5.74) is 2.07. The average Bonchev–Trinajstić information content (AvgIpc) is 3.07. The lowest BCUT2D eigenvalue weighted by Gasteiger charge is -2.26. The molecule has 0 atom stereocenters. The molecule has 0 radical (unpaired) electrons. The summed E-state index contributed by atoms with van der Waals surface area (Å²) in [6, 6.07) is 5.99. The molecule has 0 saturated carbocycles. The first-order chi connectivity index (χ1) is 9.65. The number of rotatable bonds is 2. The molecule has 4 nitrogen and oxygen atoms in total. The van der Waals surface area contributed by atoms with Crippen LogP contribution in [0.5, 0.6) is 0 Å². The van der Waals surface area contributed by atoms with Crippen molar-refractivity contribution in [1.29, 1.82) is 0 Å². The van der Waals surface area contributed by atoms with Gasteiger partial charge in [-0.1, -0.05) is 0 Å². The zero-order valence-electron chi connectivity index (χ0n) is 11.9. The highest BCUT2D eigenvalue weighted by Gasteiger charge is 2.20. The molecular weight excluding hydrogens is 270 g/mol. The second-order valence-electron chi connectivity index (χ2n) is 5.31. The highest BCUT2D eigenvalue weighted by Crippen LogP contribution is 2.28. The quantitative estimate of drug-likeness (QED) is 0.852. The first-order valence-electron chi connectivity index (χ1n) is 7.05. The highest BCUT2D eigenvalue weighted by atomic mass is 32.1. The lowest BCUT2D eigenvalue weighted by Crippen LogP contribution is -2.35. The number of carbonyl (C=O) groups excluding carboxylic acids is 1. The molecule has 1 amide bonds. The number of hydrogen-bond acceptors (Lipinski definition) is 3. The summed E-state index contributed by atoms with van der Waals surface area (Å²) in [5.74, 6) is 0.175. The smallest absolute Gasteiger partial charge is 0.263 e. The zero-order chi connectivity index (χ0) is 14.1. The van der Waals surface area contributed by atoms with E-state index in [9.17, 15) is 4.79 Å². The fourth-order valence-electron chi connectivity index (χ4n) is 2.52. The summed E-state index contributed by atoms with van der Waals surface area (Å²) < 4.78 is 1.86. The largest absolute Gasteiger partial charge is 0.338 e. The maximum atomic E-state index is 12.4. The summed E-state index contributed by atoms with van der Waals surface area (Å²) >= 11 is 1.54. The van der Waals surface area contributed by atoms with Crippen LogP contribution in [0.25, 0.3) is 10.6 Å². The molecule has 1 aliphatic heterocycles. The van der Waals surface area contributed by atoms with Crippen LogP contribution in [-0.2, 0) is 7.05 Å². The second kappa shape index (κ2) is 5.40. The Balaban J connectivity index is 1.80. The van der Waals surface area contributed by atoms with Crippen molar-refractivity contribution in [2.24, 2.45) is 7.05 Å². The van der Waals surface area contributed by atoms with Crippen LogP contribution in [-0.4, -0.2) is 33.7 Å². The van der Waals surface area contributed by atoms with Crippen molar-refractivity contribution in [3.8, 4) is 10.6 Å². The van der Waals surface area contributed by atoms with E-state index in [0.29, 0.717) is 0 Å². The van der Waals surface area contributed by atoms with E-state index in [1.807, 2.05) is 35.7 Å². The van der Waals surface area contributed by atoms with Gasteiger partial charge in [-0.15, -0.1) is 11.3 Å². The molecule has 0 aromatic carbocycles. The molecule has 0 aliphatic carbocycles. The molecule has 3 rings (SSSR count). The third-order valence-corrected chi connectivity index (χ3v) is 4.92. The lowest BCUT2D eigenvalue weighted by atomic mass is 10.1. The van der Waals surface area contributed by atoms with E-state index < -0.39 is 0 Å². The Labute approximate surface area is 123 Å². The van der Waals surface area contributed by atoms with E-state index in [1.165, 1.54) is 6.42 Å². The number of likely N-dealkylation sites (tertiary alicyclic amines) is 1. The van der Waals surface area contributed by atoms with E-state index in [-0.39, 0.29) is 5.91 Å². The van der Waals surface area contributed by atoms with Crippen molar-refractivity contribution < 1.29 is 4.79 Å². The highest BCUT2D eigenvalue weighted by molar-refractivity contribution is 7.17. The predicted octanol–water partition coefficient (Wildman–Crippen LogP) is 3.08. The summed E-state index contributed by atoms with van der Waals surface area (Å²) in [5, 5.41) is 4.47. The van der Waals surface area contributed by atoms with Gasteiger partial charge in [0.05, 0.1) is 9.75 Å². The topological polar surface area (TPSA) is 38.1 Å². The van der Waals surface area contributed by atoms with E-state index >= 15 is 0 Å². The van der Waals surface area contributed by atoms with Crippen molar-refractivity contribution in [3.05, 3.63) is 28.8 Å².